The Labute approximate surface area is 225 Å². The number of carboxylic acids is 1. The van der Waals surface area contributed by atoms with Crippen molar-refractivity contribution in [2.45, 2.75) is 45.6 Å². The van der Waals surface area contributed by atoms with Crippen LogP contribution in [0.4, 0.5) is 17.3 Å². The number of nitrogens with zero attached hydrogens (tertiary/aromatic N) is 4. The third-order valence-corrected chi connectivity index (χ3v) is 7.45. The van der Waals surface area contributed by atoms with E-state index in [2.05, 4.69) is 59.0 Å². The minimum absolute atomic E-state index is 0.0133. The molecule has 2 aromatic carbocycles. The van der Waals surface area contributed by atoms with Gasteiger partial charge in [-0.05, 0) is 66.7 Å². The predicted molar refractivity (Wildman–Crippen MR) is 156 cm³/mol. The van der Waals surface area contributed by atoms with Crippen LogP contribution in [0.3, 0.4) is 0 Å². The zero-order valence-corrected chi connectivity index (χ0v) is 23.1. The molecule has 0 spiro atoms. The number of benzene rings is 2. The Kier molecular flexibility index (Phi) is 6.60. The second-order valence-electron chi connectivity index (χ2n) is 10.6. The third kappa shape index (κ3) is 4.71. The van der Waals surface area contributed by atoms with Crippen LogP contribution in [0.15, 0.2) is 48.7 Å². The SMILES string of the molecule is CSCC[C@@H](C(=O)O)N(c1cc2ccc(C(C)(C)C)cc2[nH]1)c1cnn(-c2ccc3[nH]c(C)nc3c2)c1N. The molecule has 0 saturated heterocycles. The number of rotatable bonds is 8. The number of aromatic amines is 2. The van der Waals surface area contributed by atoms with E-state index < -0.39 is 12.0 Å². The van der Waals surface area contributed by atoms with Crippen LogP contribution in [0.5, 0.6) is 0 Å². The molecule has 5 rings (SSSR count). The second kappa shape index (κ2) is 9.75. The van der Waals surface area contributed by atoms with Crippen molar-refractivity contribution < 1.29 is 9.90 Å². The van der Waals surface area contributed by atoms with Gasteiger partial charge in [-0.2, -0.15) is 16.9 Å². The molecule has 10 heteroatoms. The summed E-state index contributed by atoms with van der Waals surface area (Å²) in [7, 11) is 0. The van der Waals surface area contributed by atoms with Crippen molar-refractivity contribution >= 4 is 57.0 Å². The number of hydrogen-bond donors (Lipinski definition) is 4. The summed E-state index contributed by atoms with van der Waals surface area (Å²) in [5.41, 5.74) is 11.8. The van der Waals surface area contributed by atoms with E-state index in [1.807, 2.05) is 37.4 Å². The number of nitrogens with one attached hydrogen (secondary N) is 2. The first kappa shape index (κ1) is 25.7. The number of H-pyrrole nitrogens is 2. The Balaban J connectivity index is 1.63. The lowest BCUT2D eigenvalue weighted by atomic mass is 9.87. The summed E-state index contributed by atoms with van der Waals surface area (Å²) in [6, 6.07) is 13.2. The van der Waals surface area contributed by atoms with Crippen LogP contribution in [-0.2, 0) is 10.2 Å². The summed E-state index contributed by atoms with van der Waals surface area (Å²) >= 11 is 1.61. The van der Waals surface area contributed by atoms with Gasteiger partial charge in [0.25, 0.3) is 0 Å². The molecule has 0 unspecified atom stereocenters. The average molecular weight is 532 g/mol. The van der Waals surface area contributed by atoms with Gasteiger partial charge in [-0.25, -0.2) is 14.5 Å². The standard InChI is InChI=1S/C28H33N7O2S/c1-16-31-20-9-8-19(14-22(20)32-16)35-26(29)24(15-30-35)34(23(27(36)37)10-11-38-5)25-12-17-6-7-18(28(2,3)4)13-21(17)33-25/h6-9,12-15,23,33H,10-11,29H2,1-5H3,(H,31,32)(H,36,37)/t23-/m0/s1. The molecule has 0 amide bonds. The van der Waals surface area contributed by atoms with Crippen LogP contribution in [0, 0.1) is 6.92 Å². The molecule has 38 heavy (non-hydrogen) atoms. The van der Waals surface area contributed by atoms with E-state index in [-0.39, 0.29) is 5.41 Å². The van der Waals surface area contributed by atoms with Gasteiger partial charge < -0.3 is 25.7 Å². The number of aryl methyl sites for hydroxylation is 1. The molecule has 1 atom stereocenters. The lowest BCUT2D eigenvalue weighted by Gasteiger charge is -2.29. The highest BCUT2D eigenvalue weighted by Crippen LogP contribution is 2.37. The van der Waals surface area contributed by atoms with Crippen LogP contribution >= 0.6 is 11.8 Å². The molecule has 0 aliphatic heterocycles. The van der Waals surface area contributed by atoms with Crippen molar-refractivity contribution in [2.24, 2.45) is 0 Å². The first-order valence-electron chi connectivity index (χ1n) is 12.5. The van der Waals surface area contributed by atoms with Gasteiger partial charge in [-0.3, -0.25) is 0 Å². The number of imidazole rings is 1. The van der Waals surface area contributed by atoms with Crippen molar-refractivity contribution in [3.05, 3.63) is 60.0 Å². The monoisotopic (exact) mass is 531 g/mol. The van der Waals surface area contributed by atoms with Crippen LogP contribution in [0.25, 0.3) is 27.6 Å². The van der Waals surface area contributed by atoms with Gasteiger partial charge in [-0.1, -0.05) is 32.9 Å². The van der Waals surface area contributed by atoms with Crippen LogP contribution in [0.2, 0.25) is 0 Å². The fourth-order valence-electron chi connectivity index (χ4n) is 4.76. The molecule has 3 heterocycles. The molecule has 0 radical (unpaired) electrons. The maximum atomic E-state index is 12.6. The fourth-order valence-corrected chi connectivity index (χ4v) is 5.22. The molecular formula is C28H33N7O2S. The third-order valence-electron chi connectivity index (χ3n) is 6.80. The number of thioether (sulfide) groups is 1. The Morgan fingerprint density at radius 3 is 2.66 bits per heavy atom. The Morgan fingerprint density at radius 2 is 1.95 bits per heavy atom. The second-order valence-corrected chi connectivity index (χ2v) is 11.5. The number of hydrogen-bond acceptors (Lipinski definition) is 6. The molecule has 0 fully saturated rings. The largest absolute Gasteiger partial charge is 0.480 e. The Bertz CT molecular complexity index is 1630. The number of aliphatic carboxylic acids is 1. The van der Waals surface area contributed by atoms with Crippen molar-refractivity contribution in [3.63, 3.8) is 0 Å². The summed E-state index contributed by atoms with van der Waals surface area (Å²) in [5.74, 6) is 1.59. The lowest BCUT2D eigenvalue weighted by Crippen LogP contribution is -2.39. The highest BCUT2D eigenvalue weighted by atomic mass is 32.2. The quantitative estimate of drug-likeness (QED) is 0.200. The average Bonchev–Trinajstić information content (AvgIpc) is 3.55. The first-order valence-corrected chi connectivity index (χ1v) is 13.9. The molecule has 9 nitrogen and oxygen atoms in total. The van der Waals surface area contributed by atoms with E-state index in [0.29, 0.717) is 29.5 Å². The van der Waals surface area contributed by atoms with Gasteiger partial charge in [0.2, 0.25) is 0 Å². The number of aromatic nitrogens is 5. The maximum absolute atomic E-state index is 12.6. The molecule has 0 aliphatic rings. The highest BCUT2D eigenvalue weighted by molar-refractivity contribution is 7.98. The van der Waals surface area contributed by atoms with Gasteiger partial charge in [-0.15, -0.1) is 0 Å². The lowest BCUT2D eigenvalue weighted by molar-refractivity contribution is -0.138. The van der Waals surface area contributed by atoms with Crippen molar-refractivity contribution in [1.82, 2.24) is 24.7 Å². The summed E-state index contributed by atoms with van der Waals surface area (Å²) < 4.78 is 1.62. The normalized spacial score (nSPS) is 12.9. The molecule has 198 valence electrons. The van der Waals surface area contributed by atoms with Gasteiger partial charge >= 0.3 is 5.97 Å². The van der Waals surface area contributed by atoms with Crippen LogP contribution in [-0.4, -0.2) is 53.9 Å². The molecule has 5 aromatic rings. The van der Waals surface area contributed by atoms with E-state index in [0.717, 1.165) is 33.4 Å². The molecule has 5 N–H and O–H groups in total. The number of anilines is 3. The molecular weight excluding hydrogens is 498 g/mol. The van der Waals surface area contributed by atoms with Gasteiger partial charge in [0.15, 0.2) is 5.82 Å². The summed E-state index contributed by atoms with van der Waals surface area (Å²) in [6.07, 6.45) is 4.04. The number of nitrogen functional groups attached to an aromatic ring is 1. The smallest absolute Gasteiger partial charge is 0.326 e. The number of carboxylic acid groups (broad SMARTS) is 1. The van der Waals surface area contributed by atoms with Gasteiger partial charge in [0.05, 0.1) is 22.9 Å². The Morgan fingerprint density at radius 1 is 1.16 bits per heavy atom. The van der Waals surface area contributed by atoms with Crippen molar-refractivity contribution in [3.8, 4) is 5.69 Å². The number of nitrogens with two attached hydrogens (primary N) is 1. The zero-order valence-electron chi connectivity index (χ0n) is 22.2. The Hall–Kier alpha value is -3.92. The molecule has 0 saturated carbocycles. The molecule has 0 aliphatic carbocycles. The number of fused-ring (bicyclic) bond motifs is 2. The van der Waals surface area contributed by atoms with E-state index in [4.69, 9.17) is 5.73 Å². The van der Waals surface area contributed by atoms with Crippen molar-refractivity contribution in [2.75, 3.05) is 22.6 Å². The number of carbonyl (C=O) groups is 1. The van der Waals surface area contributed by atoms with E-state index in [1.165, 1.54) is 5.56 Å². The molecule has 3 aromatic heterocycles. The maximum Gasteiger partial charge on any atom is 0.326 e. The summed E-state index contributed by atoms with van der Waals surface area (Å²) in [6.45, 7) is 8.42. The van der Waals surface area contributed by atoms with E-state index in [1.54, 1.807) is 27.5 Å². The van der Waals surface area contributed by atoms with Crippen LogP contribution in [0.1, 0.15) is 38.6 Å². The zero-order chi connectivity index (χ0) is 27.2. The van der Waals surface area contributed by atoms with Gasteiger partial charge in [0.1, 0.15) is 23.4 Å². The van der Waals surface area contributed by atoms with E-state index >= 15 is 0 Å². The van der Waals surface area contributed by atoms with Crippen LogP contribution < -0.4 is 10.6 Å². The summed E-state index contributed by atoms with van der Waals surface area (Å²) in [5, 5.41) is 15.9. The topological polar surface area (TPSA) is 129 Å². The minimum Gasteiger partial charge on any atom is -0.480 e. The predicted octanol–water partition coefficient (Wildman–Crippen LogP) is 5.76. The fraction of sp³-hybridized carbons (Fsp3) is 0.321. The van der Waals surface area contributed by atoms with Gasteiger partial charge in [0, 0.05) is 10.9 Å². The highest BCUT2D eigenvalue weighted by Gasteiger charge is 2.31. The van der Waals surface area contributed by atoms with E-state index in [9.17, 15) is 9.90 Å². The molecule has 0 bridgehead atoms. The summed E-state index contributed by atoms with van der Waals surface area (Å²) in [4.78, 5) is 25.6. The first-order chi connectivity index (χ1) is 18.1. The minimum atomic E-state index is -0.923. The van der Waals surface area contributed by atoms with Crippen molar-refractivity contribution in [1.29, 1.82) is 0 Å².